The zero-order chi connectivity index (χ0) is 13.1. The minimum atomic E-state index is 0.116. The molecule has 102 valence electrons. The Bertz CT molecular complexity index is 430. The molecule has 5 nitrogen and oxygen atoms in total. The van der Waals surface area contributed by atoms with Crippen molar-refractivity contribution in [3.8, 4) is 0 Å². The Hall–Kier alpha value is -1.46. The zero-order valence-electron chi connectivity index (χ0n) is 11.1. The first-order valence-corrected chi connectivity index (χ1v) is 6.98. The summed E-state index contributed by atoms with van der Waals surface area (Å²) in [6.45, 7) is 6.04. The molecule has 19 heavy (non-hydrogen) atoms. The van der Waals surface area contributed by atoms with E-state index < -0.39 is 0 Å². The van der Waals surface area contributed by atoms with Crippen LogP contribution in [0.3, 0.4) is 0 Å². The molecule has 2 saturated heterocycles. The topological polar surface area (TPSA) is 48.5 Å². The number of hydrogen-bond acceptors (Lipinski definition) is 4. The van der Waals surface area contributed by atoms with E-state index in [0.29, 0.717) is 11.6 Å². The SMILES string of the molecule is O=C(c1cccnc1)N1CCC(N2CCNCC2)C1. The van der Waals surface area contributed by atoms with Gasteiger partial charge in [0.15, 0.2) is 0 Å². The van der Waals surface area contributed by atoms with Gasteiger partial charge in [0.2, 0.25) is 0 Å². The molecule has 0 bridgehead atoms. The van der Waals surface area contributed by atoms with Crippen molar-refractivity contribution in [1.82, 2.24) is 20.1 Å². The van der Waals surface area contributed by atoms with Gasteiger partial charge in [0.05, 0.1) is 5.56 Å². The number of rotatable bonds is 2. The van der Waals surface area contributed by atoms with Gasteiger partial charge in [-0.1, -0.05) is 0 Å². The molecule has 0 saturated carbocycles. The number of carbonyl (C=O) groups is 1. The monoisotopic (exact) mass is 260 g/mol. The van der Waals surface area contributed by atoms with Crippen molar-refractivity contribution in [3.05, 3.63) is 30.1 Å². The summed E-state index contributed by atoms with van der Waals surface area (Å²) in [6, 6.07) is 4.19. The Morgan fingerprint density at radius 1 is 1.32 bits per heavy atom. The second-order valence-corrected chi connectivity index (χ2v) is 5.22. The van der Waals surface area contributed by atoms with E-state index in [9.17, 15) is 4.79 Å². The number of nitrogens with zero attached hydrogens (tertiary/aromatic N) is 3. The molecule has 0 spiro atoms. The van der Waals surface area contributed by atoms with Crippen LogP contribution >= 0.6 is 0 Å². The lowest BCUT2D eigenvalue weighted by Gasteiger charge is -2.32. The zero-order valence-corrected chi connectivity index (χ0v) is 11.1. The highest BCUT2D eigenvalue weighted by atomic mass is 16.2. The van der Waals surface area contributed by atoms with Gasteiger partial charge in [0.1, 0.15) is 0 Å². The smallest absolute Gasteiger partial charge is 0.255 e. The van der Waals surface area contributed by atoms with Gasteiger partial charge in [0, 0.05) is 57.7 Å². The van der Waals surface area contributed by atoms with E-state index in [-0.39, 0.29) is 5.91 Å². The first kappa shape index (κ1) is 12.6. The Labute approximate surface area is 113 Å². The number of amides is 1. The standard InChI is InChI=1S/C14H20N4O/c19-14(12-2-1-4-16-10-12)18-7-3-13(11-18)17-8-5-15-6-9-17/h1-2,4,10,13,15H,3,5-9,11H2. The van der Waals surface area contributed by atoms with E-state index >= 15 is 0 Å². The van der Waals surface area contributed by atoms with Crippen LogP contribution in [0, 0.1) is 0 Å². The highest BCUT2D eigenvalue weighted by molar-refractivity contribution is 5.94. The van der Waals surface area contributed by atoms with E-state index in [0.717, 1.165) is 45.7 Å². The van der Waals surface area contributed by atoms with Crippen LogP contribution in [0.15, 0.2) is 24.5 Å². The van der Waals surface area contributed by atoms with Gasteiger partial charge in [-0.3, -0.25) is 14.7 Å². The molecule has 0 aliphatic carbocycles. The average Bonchev–Trinajstić information content (AvgIpc) is 2.98. The van der Waals surface area contributed by atoms with E-state index in [1.54, 1.807) is 12.4 Å². The molecule has 1 N–H and O–H groups in total. The third-order valence-electron chi connectivity index (χ3n) is 4.03. The Kier molecular flexibility index (Phi) is 3.75. The summed E-state index contributed by atoms with van der Waals surface area (Å²) >= 11 is 0. The predicted molar refractivity (Wildman–Crippen MR) is 73.0 cm³/mol. The average molecular weight is 260 g/mol. The summed E-state index contributed by atoms with van der Waals surface area (Å²) in [6.07, 6.45) is 4.44. The Morgan fingerprint density at radius 3 is 2.89 bits per heavy atom. The lowest BCUT2D eigenvalue weighted by Crippen LogP contribution is -2.49. The third-order valence-corrected chi connectivity index (χ3v) is 4.03. The predicted octanol–water partition coefficient (Wildman–Crippen LogP) is 0.201. The molecular weight excluding hydrogens is 240 g/mol. The number of likely N-dealkylation sites (tertiary alicyclic amines) is 1. The number of piperazine rings is 1. The van der Waals surface area contributed by atoms with Crippen molar-refractivity contribution in [2.45, 2.75) is 12.5 Å². The van der Waals surface area contributed by atoms with Crippen molar-refractivity contribution in [3.63, 3.8) is 0 Å². The molecule has 1 amide bonds. The number of hydrogen-bond donors (Lipinski definition) is 1. The van der Waals surface area contributed by atoms with Crippen LogP contribution < -0.4 is 5.32 Å². The van der Waals surface area contributed by atoms with Gasteiger partial charge in [0.25, 0.3) is 5.91 Å². The number of aromatic nitrogens is 1. The number of pyridine rings is 1. The molecule has 1 aromatic rings. The van der Waals surface area contributed by atoms with Crippen LogP contribution in [-0.2, 0) is 0 Å². The molecule has 1 unspecified atom stereocenters. The van der Waals surface area contributed by atoms with E-state index in [2.05, 4.69) is 15.2 Å². The molecule has 2 aliphatic rings. The first-order valence-electron chi connectivity index (χ1n) is 6.98. The summed E-state index contributed by atoms with van der Waals surface area (Å²) in [5, 5.41) is 3.37. The van der Waals surface area contributed by atoms with E-state index in [1.807, 2.05) is 17.0 Å². The van der Waals surface area contributed by atoms with Crippen LogP contribution in [0.4, 0.5) is 0 Å². The van der Waals surface area contributed by atoms with Gasteiger partial charge in [-0.25, -0.2) is 0 Å². The summed E-state index contributed by atoms with van der Waals surface area (Å²) in [5.74, 6) is 0.116. The van der Waals surface area contributed by atoms with Gasteiger partial charge in [-0.15, -0.1) is 0 Å². The maximum atomic E-state index is 12.3. The summed E-state index contributed by atoms with van der Waals surface area (Å²) in [4.78, 5) is 20.8. The molecule has 3 heterocycles. The molecule has 2 fully saturated rings. The Morgan fingerprint density at radius 2 is 2.16 bits per heavy atom. The van der Waals surface area contributed by atoms with E-state index in [1.165, 1.54) is 0 Å². The normalized spacial score (nSPS) is 24.6. The van der Waals surface area contributed by atoms with Crippen LogP contribution in [0.5, 0.6) is 0 Å². The minimum Gasteiger partial charge on any atom is -0.337 e. The third kappa shape index (κ3) is 2.77. The van der Waals surface area contributed by atoms with E-state index in [4.69, 9.17) is 0 Å². The summed E-state index contributed by atoms with van der Waals surface area (Å²) in [5.41, 5.74) is 0.698. The van der Waals surface area contributed by atoms with Crippen LogP contribution in [0.1, 0.15) is 16.8 Å². The van der Waals surface area contributed by atoms with Crippen molar-refractivity contribution in [2.75, 3.05) is 39.3 Å². The highest BCUT2D eigenvalue weighted by Crippen LogP contribution is 2.18. The molecule has 5 heteroatoms. The van der Waals surface area contributed by atoms with Gasteiger partial charge in [-0.05, 0) is 18.6 Å². The molecule has 3 rings (SSSR count). The second kappa shape index (κ2) is 5.67. The van der Waals surface area contributed by atoms with Crippen molar-refractivity contribution in [1.29, 1.82) is 0 Å². The number of carbonyl (C=O) groups excluding carboxylic acids is 1. The molecule has 0 aromatic carbocycles. The largest absolute Gasteiger partial charge is 0.337 e. The van der Waals surface area contributed by atoms with Crippen molar-refractivity contribution in [2.24, 2.45) is 0 Å². The maximum absolute atomic E-state index is 12.3. The Balaban J connectivity index is 1.61. The molecule has 1 aromatic heterocycles. The minimum absolute atomic E-state index is 0.116. The molecule has 2 aliphatic heterocycles. The van der Waals surface area contributed by atoms with Crippen molar-refractivity contribution >= 4 is 5.91 Å². The van der Waals surface area contributed by atoms with Gasteiger partial charge in [-0.2, -0.15) is 0 Å². The lowest BCUT2D eigenvalue weighted by atomic mass is 10.2. The maximum Gasteiger partial charge on any atom is 0.255 e. The number of nitrogens with one attached hydrogen (secondary N) is 1. The fourth-order valence-electron chi connectivity index (χ4n) is 2.94. The fraction of sp³-hybridized carbons (Fsp3) is 0.571. The second-order valence-electron chi connectivity index (χ2n) is 5.22. The van der Waals surface area contributed by atoms with Crippen LogP contribution in [-0.4, -0.2) is 66.0 Å². The fourth-order valence-corrected chi connectivity index (χ4v) is 2.94. The highest BCUT2D eigenvalue weighted by Gasteiger charge is 2.31. The summed E-state index contributed by atoms with van der Waals surface area (Å²) in [7, 11) is 0. The van der Waals surface area contributed by atoms with Crippen LogP contribution in [0.25, 0.3) is 0 Å². The molecular formula is C14H20N4O. The van der Waals surface area contributed by atoms with Crippen molar-refractivity contribution < 1.29 is 4.79 Å². The van der Waals surface area contributed by atoms with Crippen LogP contribution in [0.2, 0.25) is 0 Å². The van der Waals surface area contributed by atoms with Gasteiger partial charge < -0.3 is 10.2 Å². The van der Waals surface area contributed by atoms with Gasteiger partial charge >= 0.3 is 0 Å². The molecule has 1 atom stereocenters. The quantitative estimate of drug-likeness (QED) is 0.825. The summed E-state index contributed by atoms with van der Waals surface area (Å²) < 4.78 is 0. The first-order chi connectivity index (χ1) is 9.34. The molecule has 0 radical (unpaired) electrons. The lowest BCUT2D eigenvalue weighted by molar-refractivity contribution is 0.0773.